The van der Waals surface area contributed by atoms with Gasteiger partial charge in [-0.25, -0.2) is 0 Å². The minimum atomic E-state index is -0.833. The zero-order chi connectivity index (χ0) is 10.6. The predicted octanol–water partition coefficient (Wildman–Crippen LogP) is 0.0579. The Kier molecular flexibility index (Phi) is 23.5. The first-order chi connectivity index (χ1) is 5.42. The van der Waals surface area contributed by atoms with E-state index < -0.39 is 5.97 Å². The van der Waals surface area contributed by atoms with E-state index in [1.54, 1.807) is 28.3 Å². The molecular formula is C7H17NO4. The van der Waals surface area contributed by atoms with Crippen LogP contribution in [0.25, 0.3) is 0 Å². The molecule has 0 heterocycles. The molecule has 74 valence electrons. The molecule has 0 rings (SSSR count). The summed E-state index contributed by atoms with van der Waals surface area (Å²) >= 11 is 0. The number of rotatable bonds is 1. The molecule has 0 saturated heterocycles. The maximum Gasteiger partial charge on any atom is 0.300 e. The van der Waals surface area contributed by atoms with Crippen LogP contribution in [-0.2, 0) is 14.3 Å². The molecule has 0 atom stereocenters. The number of hydrogen-bond acceptors (Lipinski definition) is 3. The number of aliphatic carboxylic acids is 1. The van der Waals surface area contributed by atoms with Crippen molar-refractivity contribution in [1.29, 1.82) is 0 Å². The number of methoxy groups -OCH3 is 1. The van der Waals surface area contributed by atoms with E-state index in [9.17, 15) is 4.79 Å². The van der Waals surface area contributed by atoms with E-state index in [-0.39, 0.29) is 0 Å². The van der Waals surface area contributed by atoms with Gasteiger partial charge in [-0.2, -0.15) is 0 Å². The monoisotopic (exact) mass is 179 g/mol. The van der Waals surface area contributed by atoms with Crippen LogP contribution in [-0.4, -0.2) is 50.7 Å². The van der Waals surface area contributed by atoms with Gasteiger partial charge in [-0.1, -0.05) is 0 Å². The normalized spacial score (nSPS) is 6.42. The van der Waals surface area contributed by atoms with E-state index in [0.717, 1.165) is 13.3 Å². The van der Waals surface area contributed by atoms with Gasteiger partial charge in [0.2, 0.25) is 6.41 Å². The standard InChI is InChI=1S/C3H7NO.C2H4O2.C2H6O/c1-4(2)3-5;1-2(3)4;1-3-2/h3H,1-2H3;1H3,(H,3,4);1-2H3. The SMILES string of the molecule is CC(=O)O.CN(C)C=O.COC. The smallest absolute Gasteiger partial charge is 0.300 e. The van der Waals surface area contributed by atoms with Gasteiger partial charge >= 0.3 is 0 Å². The third kappa shape index (κ3) is 686. The van der Waals surface area contributed by atoms with Crippen LogP contribution in [0.1, 0.15) is 6.92 Å². The molecule has 0 aliphatic carbocycles. The summed E-state index contributed by atoms with van der Waals surface area (Å²) < 4.78 is 4.25. The van der Waals surface area contributed by atoms with Crippen molar-refractivity contribution in [2.24, 2.45) is 0 Å². The maximum absolute atomic E-state index is 9.43. The molecule has 5 heteroatoms. The minimum Gasteiger partial charge on any atom is -0.481 e. The molecule has 1 amide bonds. The van der Waals surface area contributed by atoms with Crippen LogP contribution in [0.5, 0.6) is 0 Å². The summed E-state index contributed by atoms with van der Waals surface area (Å²) in [7, 11) is 6.62. The van der Waals surface area contributed by atoms with Crippen LogP contribution >= 0.6 is 0 Å². The van der Waals surface area contributed by atoms with Crippen LogP contribution < -0.4 is 0 Å². The number of hydrogen-bond donors (Lipinski definition) is 1. The average molecular weight is 179 g/mol. The van der Waals surface area contributed by atoms with Crippen molar-refractivity contribution >= 4 is 12.4 Å². The van der Waals surface area contributed by atoms with Gasteiger partial charge in [0.1, 0.15) is 0 Å². The van der Waals surface area contributed by atoms with Gasteiger partial charge < -0.3 is 14.7 Å². The molecule has 0 aromatic heterocycles. The van der Waals surface area contributed by atoms with Crippen LogP contribution in [0.2, 0.25) is 0 Å². The van der Waals surface area contributed by atoms with E-state index in [0.29, 0.717) is 0 Å². The molecule has 0 aromatic rings. The van der Waals surface area contributed by atoms with E-state index in [1.807, 2.05) is 0 Å². The fraction of sp³-hybridized carbons (Fsp3) is 0.714. The molecule has 0 aliphatic heterocycles. The summed E-state index contributed by atoms with van der Waals surface area (Å²) in [5.74, 6) is -0.833. The van der Waals surface area contributed by atoms with Crippen molar-refractivity contribution in [2.75, 3.05) is 28.3 Å². The third-order valence-corrected chi connectivity index (χ3v) is 0.211. The Bertz CT molecular complexity index is 99.6. The molecule has 0 spiro atoms. The molecule has 0 unspecified atom stereocenters. The number of nitrogens with zero attached hydrogens (tertiary/aromatic N) is 1. The summed E-state index contributed by atoms with van der Waals surface area (Å²) in [6.07, 6.45) is 0.750. The number of amides is 1. The lowest BCUT2D eigenvalue weighted by atomic mass is 10.9. The Morgan fingerprint density at radius 1 is 1.42 bits per heavy atom. The largest absolute Gasteiger partial charge is 0.481 e. The highest BCUT2D eigenvalue weighted by Crippen LogP contribution is 1.52. The predicted molar refractivity (Wildman–Crippen MR) is 46.0 cm³/mol. The van der Waals surface area contributed by atoms with Gasteiger partial charge in [0.15, 0.2) is 0 Å². The summed E-state index contributed by atoms with van der Waals surface area (Å²) in [4.78, 5) is 19.9. The molecule has 12 heavy (non-hydrogen) atoms. The second-order valence-electron chi connectivity index (χ2n) is 2.00. The van der Waals surface area contributed by atoms with Gasteiger partial charge in [-0.05, 0) is 0 Å². The van der Waals surface area contributed by atoms with Crippen LogP contribution in [0, 0.1) is 0 Å². The number of carboxylic acid groups (broad SMARTS) is 1. The second-order valence-corrected chi connectivity index (χ2v) is 2.00. The molecule has 0 bridgehead atoms. The molecule has 0 aromatic carbocycles. The van der Waals surface area contributed by atoms with E-state index in [1.165, 1.54) is 4.90 Å². The quantitative estimate of drug-likeness (QED) is 0.578. The zero-order valence-electron chi connectivity index (χ0n) is 8.20. The second kappa shape index (κ2) is 16.5. The number of carbonyl (C=O) groups is 2. The molecule has 0 aliphatic rings. The van der Waals surface area contributed by atoms with E-state index >= 15 is 0 Å². The highest BCUT2D eigenvalue weighted by molar-refractivity contribution is 5.62. The first-order valence-corrected chi connectivity index (χ1v) is 3.13. The number of carboxylic acids is 1. The Morgan fingerprint density at radius 2 is 1.50 bits per heavy atom. The van der Waals surface area contributed by atoms with Crippen molar-refractivity contribution < 1.29 is 19.4 Å². The molecular weight excluding hydrogens is 162 g/mol. The first kappa shape index (κ1) is 17.1. The lowest BCUT2D eigenvalue weighted by Crippen LogP contribution is -2.06. The van der Waals surface area contributed by atoms with E-state index in [4.69, 9.17) is 9.90 Å². The number of carbonyl (C=O) groups excluding carboxylic acids is 1. The highest BCUT2D eigenvalue weighted by Gasteiger charge is 1.68. The van der Waals surface area contributed by atoms with Crippen molar-refractivity contribution in [3.63, 3.8) is 0 Å². The summed E-state index contributed by atoms with van der Waals surface area (Å²) in [6, 6.07) is 0. The van der Waals surface area contributed by atoms with Gasteiger partial charge in [0.05, 0.1) is 0 Å². The molecule has 1 N–H and O–H groups in total. The highest BCUT2D eigenvalue weighted by atomic mass is 16.4. The lowest BCUT2D eigenvalue weighted by molar-refractivity contribution is -0.134. The van der Waals surface area contributed by atoms with Crippen molar-refractivity contribution in [1.82, 2.24) is 4.90 Å². The average Bonchev–Trinajstić information content (AvgIpc) is 1.88. The van der Waals surface area contributed by atoms with Crippen molar-refractivity contribution in [3.8, 4) is 0 Å². The lowest BCUT2D eigenvalue weighted by Gasteiger charge is -1.93. The Morgan fingerprint density at radius 3 is 1.50 bits per heavy atom. The van der Waals surface area contributed by atoms with Gasteiger partial charge in [-0.15, -0.1) is 0 Å². The summed E-state index contributed by atoms with van der Waals surface area (Å²) in [5, 5.41) is 7.42. The van der Waals surface area contributed by atoms with Crippen molar-refractivity contribution in [3.05, 3.63) is 0 Å². The van der Waals surface area contributed by atoms with Gasteiger partial charge in [0.25, 0.3) is 5.97 Å². The number of ether oxygens (including phenoxy) is 1. The topological polar surface area (TPSA) is 66.8 Å². The zero-order valence-corrected chi connectivity index (χ0v) is 8.20. The maximum atomic E-state index is 9.43. The van der Waals surface area contributed by atoms with Gasteiger partial charge in [-0.3, -0.25) is 9.59 Å². The molecule has 0 radical (unpaired) electrons. The summed E-state index contributed by atoms with van der Waals surface area (Å²) in [5.41, 5.74) is 0. The summed E-state index contributed by atoms with van der Waals surface area (Å²) in [6.45, 7) is 1.08. The Hall–Kier alpha value is -1.10. The third-order valence-electron chi connectivity index (χ3n) is 0.211. The van der Waals surface area contributed by atoms with Crippen LogP contribution in [0.3, 0.4) is 0 Å². The fourth-order valence-electron chi connectivity index (χ4n) is 0. The fourth-order valence-corrected chi connectivity index (χ4v) is 0. The first-order valence-electron chi connectivity index (χ1n) is 3.13. The molecule has 0 fully saturated rings. The molecule has 0 saturated carbocycles. The molecule has 5 nitrogen and oxygen atoms in total. The van der Waals surface area contributed by atoms with Gasteiger partial charge in [0, 0.05) is 35.2 Å². The Balaban J connectivity index is -0.000000105. The minimum absolute atomic E-state index is 0.750. The van der Waals surface area contributed by atoms with E-state index in [2.05, 4.69) is 4.74 Å². The Labute approximate surface area is 72.9 Å². The van der Waals surface area contributed by atoms with Crippen LogP contribution in [0.15, 0.2) is 0 Å². The van der Waals surface area contributed by atoms with Crippen molar-refractivity contribution in [2.45, 2.75) is 6.92 Å². The van der Waals surface area contributed by atoms with Crippen LogP contribution in [0.4, 0.5) is 0 Å².